The average Bonchev–Trinajstić information content (AvgIpc) is 3.23. The lowest BCUT2D eigenvalue weighted by Crippen LogP contribution is -2.29. The van der Waals surface area contributed by atoms with E-state index in [1.807, 2.05) is 30.1 Å². The quantitative estimate of drug-likeness (QED) is 0.698. The number of para-hydroxylation sites is 1. The third-order valence-corrected chi connectivity index (χ3v) is 5.67. The fraction of sp³-hybridized carbons (Fsp3) is 0.200. The summed E-state index contributed by atoms with van der Waals surface area (Å²) in [5, 5.41) is 4.23. The summed E-state index contributed by atoms with van der Waals surface area (Å²) in [7, 11) is 1.84. The van der Waals surface area contributed by atoms with Crippen molar-refractivity contribution in [2.45, 2.75) is 13.0 Å². The van der Waals surface area contributed by atoms with Crippen molar-refractivity contribution in [3.05, 3.63) is 75.7 Å². The van der Waals surface area contributed by atoms with Crippen molar-refractivity contribution in [3.8, 4) is 0 Å². The van der Waals surface area contributed by atoms with Gasteiger partial charge in [-0.05, 0) is 36.2 Å². The third-order valence-electron chi connectivity index (χ3n) is 4.82. The predicted molar refractivity (Wildman–Crippen MR) is 109 cm³/mol. The molecule has 0 saturated carbocycles. The summed E-state index contributed by atoms with van der Waals surface area (Å²) in [6, 6.07) is 13.4. The van der Waals surface area contributed by atoms with E-state index in [0.29, 0.717) is 34.6 Å². The Morgan fingerprint density at radius 2 is 2.04 bits per heavy atom. The molecule has 0 atom stereocenters. The molecule has 5 nitrogen and oxygen atoms in total. The van der Waals surface area contributed by atoms with E-state index in [0.717, 1.165) is 17.8 Å². The van der Waals surface area contributed by atoms with Crippen LogP contribution in [-0.2, 0) is 20.0 Å². The molecule has 3 aromatic rings. The molecule has 0 aliphatic carbocycles. The van der Waals surface area contributed by atoms with Crippen molar-refractivity contribution in [2.75, 3.05) is 16.8 Å². The van der Waals surface area contributed by atoms with Crippen LogP contribution in [0.3, 0.4) is 0 Å². The van der Waals surface area contributed by atoms with Crippen molar-refractivity contribution in [1.82, 2.24) is 9.55 Å². The number of aromatic nitrogens is 2. The van der Waals surface area contributed by atoms with Crippen LogP contribution in [0, 0.1) is 0 Å². The summed E-state index contributed by atoms with van der Waals surface area (Å²) in [5.41, 5.74) is 3.61. The molecule has 1 aliphatic heterocycles. The van der Waals surface area contributed by atoms with Gasteiger partial charge in [0.05, 0.1) is 17.1 Å². The molecule has 27 heavy (non-hydrogen) atoms. The molecule has 1 N–H and O–H groups in total. The van der Waals surface area contributed by atoms with E-state index < -0.39 is 0 Å². The highest BCUT2D eigenvalue weighted by Crippen LogP contribution is 2.30. The van der Waals surface area contributed by atoms with Gasteiger partial charge >= 0.3 is 0 Å². The number of anilines is 2. The van der Waals surface area contributed by atoms with E-state index >= 15 is 0 Å². The van der Waals surface area contributed by atoms with Crippen LogP contribution in [0.5, 0.6) is 0 Å². The topological polar surface area (TPSA) is 50.2 Å². The van der Waals surface area contributed by atoms with Gasteiger partial charge in [0.15, 0.2) is 0 Å². The molecule has 2 aromatic heterocycles. The van der Waals surface area contributed by atoms with Gasteiger partial charge < -0.3 is 14.8 Å². The monoisotopic (exact) mass is 400 g/mol. The molecule has 7 heteroatoms. The third kappa shape index (κ3) is 3.29. The van der Waals surface area contributed by atoms with Crippen molar-refractivity contribution in [2.24, 2.45) is 7.05 Å². The van der Waals surface area contributed by atoms with Crippen LogP contribution >= 0.6 is 23.2 Å². The number of carbonyl (C=O) groups is 1. The lowest BCUT2D eigenvalue weighted by molar-refractivity contribution is 0.0990. The van der Waals surface area contributed by atoms with Crippen LogP contribution in [0.1, 0.15) is 21.6 Å². The molecule has 3 heterocycles. The summed E-state index contributed by atoms with van der Waals surface area (Å²) in [5.74, 6) is 0.485. The molecule has 0 radical (unpaired) electrons. The molecule has 0 unspecified atom stereocenters. The Morgan fingerprint density at radius 1 is 1.22 bits per heavy atom. The minimum absolute atomic E-state index is 0.0569. The molecule has 1 aliphatic rings. The number of benzene rings is 1. The zero-order valence-corrected chi connectivity index (χ0v) is 16.3. The second-order valence-corrected chi connectivity index (χ2v) is 7.19. The number of carbonyl (C=O) groups excluding carboxylic acids is 1. The molecule has 0 bridgehead atoms. The summed E-state index contributed by atoms with van der Waals surface area (Å²) in [6.07, 6.45) is 2.53. The van der Waals surface area contributed by atoms with Crippen LogP contribution in [0.15, 0.2) is 48.7 Å². The lowest BCUT2D eigenvalue weighted by atomic mass is 10.1. The maximum atomic E-state index is 13.2. The number of hydrogen-bond donors (Lipinski definition) is 1. The predicted octanol–water partition coefficient (Wildman–Crippen LogP) is 4.54. The van der Waals surface area contributed by atoms with Gasteiger partial charge in [-0.2, -0.15) is 0 Å². The number of rotatable bonds is 4. The van der Waals surface area contributed by atoms with Gasteiger partial charge in [0, 0.05) is 31.2 Å². The molecule has 4 rings (SSSR count). The molecule has 138 valence electrons. The van der Waals surface area contributed by atoms with E-state index in [9.17, 15) is 4.79 Å². The lowest BCUT2D eigenvalue weighted by Gasteiger charge is -2.19. The van der Waals surface area contributed by atoms with E-state index in [1.54, 1.807) is 29.0 Å². The smallest absolute Gasteiger partial charge is 0.262 e. The van der Waals surface area contributed by atoms with Crippen LogP contribution in [-0.4, -0.2) is 22.0 Å². The first-order chi connectivity index (χ1) is 13.1. The van der Waals surface area contributed by atoms with Gasteiger partial charge in [0.25, 0.3) is 5.91 Å². The zero-order valence-electron chi connectivity index (χ0n) is 14.7. The van der Waals surface area contributed by atoms with E-state index in [4.69, 9.17) is 23.2 Å². The zero-order chi connectivity index (χ0) is 19.0. The van der Waals surface area contributed by atoms with E-state index in [-0.39, 0.29) is 5.91 Å². The fourth-order valence-electron chi connectivity index (χ4n) is 3.35. The SMILES string of the molecule is Cn1c(CNc2ncccc2C(=O)N2CCc3ccccc32)cc(Cl)c1Cl. The molecular formula is C20H18Cl2N4O. The Morgan fingerprint density at radius 3 is 2.81 bits per heavy atom. The number of hydrogen-bond acceptors (Lipinski definition) is 3. The number of nitrogens with zero attached hydrogens (tertiary/aromatic N) is 3. The van der Waals surface area contributed by atoms with Crippen LogP contribution in [0.25, 0.3) is 0 Å². The fourth-order valence-corrected chi connectivity index (χ4v) is 3.76. The second kappa shape index (κ2) is 7.25. The number of nitrogens with one attached hydrogen (secondary N) is 1. The van der Waals surface area contributed by atoms with Gasteiger partial charge in [-0.1, -0.05) is 41.4 Å². The largest absolute Gasteiger partial charge is 0.364 e. The Labute approximate surface area is 167 Å². The van der Waals surface area contributed by atoms with Crippen molar-refractivity contribution in [1.29, 1.82) is 0 Å². The molecule has 0 spiro atoms. The van der Waals surface area contributed by atoms with Crippen LogP contribution in [0.2, 0.25) is 10.2 Å². The highest BCUT2D eigenvalue weighted by molar-refractivity contribution is 6.41. The molecular weight excluding hydrogens is 383 g/mol. The maximum absolute atomic E-state index is 13.2. The number of pyridine rings is 1. The first kappa shape index (κ1) is 17.9. The summed E-state index contributed by atoms with van der Waals surface area (Å²) in [4.78, 5) is 19.3. The van der Waals surface area contributed by atoms with Gasteiger partial charge in [0.2, 0.25) is 0 Å². The summed E-state index contributed by atoms with van der Waals surface area (Å²) < 4.78 is 1.80. The van der Waals surface area contributed by atoms with Crippen molar-refractivity contribution >= 4 is 40.6 Å². The van der Waals surface area contributed by atoms with Gasteiger partial charge in [-0.15, -0.1) is 0 Å². The van der Waals surface area contributed by atoms with Crippen LogP contribution < -0.4 is 10.2 Å². The molecule has 1 aromatic carbocycles. The van der Waals surface area contributed by atoms with Crippen molar-refractivity contribution < 1.29 is 4.79 Å². The Hall–Kier alpha value is -2.50. The molecule has 1 amide bonds. The summed E-state index contributed by atoms with van der Waals surface area (Å²) >= 11 is 12.2. The second-order valence-electron chi connectivity index (χ2n) is 6.42. The summed E-state index contributed by atoms with van der Waals surface area (Å²) in [6.45, 7) is 1.13. The van der Waals surface area contributed by atoms with E-state index in [1.165, 1.54) is 5.56 Å². The van der Waals surface area contributed by atoms with Gasteiger partial charge in [0.1, 0.15) is 11.0 Å². The van der Waals surface area contributed by atoms with Crippen molar-refractivity contribution in [3.63, 3.8) is 0 Å². The van der Waals surface area contributed by atoms with Crippen LogP contribution in [0.4, 0.5) is 11.5 Å². The minimum Gasteiger partial charge on any atom is -0.364 e. The first-order valence-corrected chi connectivity index (χ1v) is 9.40. The highest BCUT2D eigenvalue weighted by Gasteiger charge is 2.27. The van der Waals surface area contributed by atoms with Gasteiger partial charge in [-0.3, -0.25) is 4.79 Å². The Balaban J connectivity index is 1.58. The minimum atomic E-state index is -0.0569. The number of fused-ring (bicyclic) bond motifs is 1. The van der Waals surface area contributed by atoms with E-state index in [2.05, 4.69) is 16.4 Å². The first-order valence-electron chi connectivity index (χ1n) is 8.64. The number of halogens is 2. The maximum Gasteiger partial charge on any atom is 0.262 e. The average molecular weight is 401 g/mol. The number of amides is 1. The highest BCUT2D eigenvalue weighted by atomic mass is 35.5. The normalized spacial score (nSPS) is 12.9. The molecule has 0 saturated heterocycles. The Kier molecular flexibility index (Phi) is 4.81. The Bertz CT molecular complexity index is 1010. The van der Waals surface area contributed by atoms with Gasteiger partial charge in [-0.25, -0.2) is 4.98 Å². The standard InChI is InChI=1S/C20H18Cl2N4O/c1-25-14(11-16(21)18(25)22)12-24-19-15(6-4-9-23-19)20(27)26-10-8-13-5-2-3-7-17(13)26/h2-7,9,11H,8,10,12H2,1H3,(H,23,24). The molecule has 0 fully saturated rings.